The van der Waals surface area contributed by atoms with Gasteiger partial charge in [0, 0.05) is 6.42 Å². The van der Waals surface area contributed by atoms with Crippen LogP contribution in [0.4, 0.5) is 0 Å². The number of esters is 1. The normalized spacial score (nSPS) is 13.2. The molecule has 0 aliphatic rings. The first kappa shape index (κ1) is 10.8. The minimum absolute atomic E-state index is 0.310. The van der Waals surface area contributed by atoms with Crippen molar-refractivity contribution in [3.63, 3.8) is 0 Å². The van der Waals surface area contributed by atoms with Crippen LogP contribution < -0.4 is 5.73 Å². The predicted octanol–water partition coefficient (Wildman–Crippen LogP) is -0.245. The Bertz CT molecular complexity index is 128. The zero-order valence-electron chi connectivity index (χ0n) is 7.29. The summed E-state index contributed by atoms with van der Waals surface area (Å²) >= 11 is 0. The van der Waals surface area contributed by atoms with E-state index < -0.39 is 6.04 Å². The fraction of sp³-hybridized carbons (Fsp3) is 0.857. The van der Waals surface area contributed by atoms with E-state index in [2.05, 4.69) is 17.2 Å². The van der Waals surface area contributed by atoms with Gasteiger partial charge in [0.1, 0.15) is 11.8 Å². The van der Waals surface area contributed by atoms with Gasteiger partial charge < -0.3 is 10.5 Å². The lowest BCUT2D eigenvalue weighted by atomic mass is 10.2. The monoisotopic (exact) mass is 178 g/mol. The SMILES string of the molecule is COC(=O)C(N)CC[S+](C)C. The number of rotatable bonds is 4. The van der Waals surface area contributed by atoms with Crippen LogP contribution in [0.3, 0.4) is 0 Å². The molecule has 0 aliphatic carbocycles. The highest BCUT2D eigenvalue weighted by atomic mass is 32.2. The van der Waals surface area contributed by atoms with Crippen molar-refractivity contribution in [1.82, 2.24) is 0 Å². The molecule has 0 saturated heterocycles. The summed E-state index contributed by atoms with van der Waals surface area (Å²) in [5, 5.41) is 0. The summed E-state index contributed by atoms with van der Waals surface area (Å²) in [6.07, 6.45) is 4.98. The quantitative estimate of drug-likeness (QED) is 0.477. The number of hydrogen-bond acceptors (Lipinski definition) is 3. The van der Waals surface area contributed by atoms with Crippen molar-refractivity contribution in [2.45, 2.75) is 12.5 Å². The third-order valence-electron chi connectivity index (χ3n) is 1.34. The molecule has 0 radical (unpaired) electrons. The Morgan fingerprint density at radius 1 is 1.64 bits per heavy atom. The van der Waals surface area contributed by atoms with Crippen molar-refractivity contribution in [2.75, 3.05) is 25.4 Å². The Morgan fingerprint density at radius 2 is 2.18 bits per heavy atom. The minimum atomic E-state index is -0.435. The number of hydrogen-bond donors (Lipinski definition) is 1. The van der Waals surface area contributed by atoms with Crippen LogP contribution in [0.1, 0.15) is 6.42 Å². The minimum Gasteiger partial charge on any atom is -0.468 e. The van der Waals surface area contributed by atoms with E-state index >= 15 is 0 Å². The van der Waals surface area contributed by atoms with Gasteiger partial charge in [-0.25, -0.2) is 0 Å². The molecule has 11 heavy (non-hydrogen) atoms. The van der Waals surface area contributed by atoms with E-state index in [0.717, 1.165) is 12.2 Å². The van der Waals surface area contributed by atoms with Crippen molar-refractivity contribution in [3.8, 4) is 0 Å². The highest BCUT2D eigenvalue weighted by molar-refractivity contribution is 7.95. The van der Waals surface area contributed by atoms with Crippen LogP contribution in [-0.2, 0) is 20.4 Å². The highest BCUT2D eigenvalue weighted by Gasteiger charge is 2.16. The second kappa shape index (κ2) is 5.43. The number of carbonyl (C=O) groups is 1. The van der Waals surface area contributed by atoms with Crippen LogP contribution in [0.2, 0.25) is 0 Å². The van der Waals surface area contributed by atoms with E-state index in [1.807, 2.05) is 0 Å². The van der Waals surface area contributed by atoms with E-state index in [1.165, 1.54) is 7.11 Å². The molecule has 3 nitrogen and oxygen atoms in total. The topological polar surface area (TPSA) is 52.3 Å². The van der Waals surface area contributed by atoms with E-state index in [0.29, 0.717) is 10.9 Å². The van der Waals surface area contributed by atoms with Gasteiger partial charge in [0.05, 0.1) is 19.6 Å². The van der Waals surface area contributed by atoms with Crippen molar-refractivity contribution in [2.24, 2.45) is 5.73 Å². The van der Waals surface area contributed by atoms with Gasteiger partial charge in [0.2, 0.25) is 0 Å². The van der Waals surface area contributed by atoms with Gasteiger partial charge in [-0.3, -0.25) is 4.79 Å². The molecule has 0 aliphatic heterocycles. The molecule has 0 aromatic heterocycles. The zero-order chi connectivity index (χ0) is 8.85. The summed E-state index contributed by atoms with van der Waals surface area (Å²) in [4.78, 5) is 10.8. The lowest BCUT2D eigenvalue weighted by Gasteiger charge is -2.06. The summed E-state index contributed by atoms with van der Waals surface area (Å²) in [6.45, 7) is 0. The van der Waals surface area contributed by atoms with E-state index in [-0.39, 0.29) is 5.97 Å². The zero-order valence-corrected chi connectivity index (χ0v) is 8.11. The summed E-state index contributed by atoms with van der Waals surface area (Å²) in [5.74, 6) is 0.687. The second-order valence-corrected chi connectivity index (χ2v) is 4.99. The standard InChI is InChI=1S/C7H16NO2S/c1-10-7(9)6(8)4-5-11(2)3/h6H,4-5,8H2,1-3H3/q+1. The van der Waals surface area contributed by atoms with Crippen LogP contribution in [0, 0.1) is 0 Å². The summed E-state index contributed by atoms with van der Waals surface area (Å²) in [7, 11) is 1.72. The van der Waals surface area contributed by atoms with E-state index in [9.17, 15) is 4.79 Å². The van der Waals surface area contributed by atoms with Gasteiger partial charge in [0.25, 0.3) is 0 Å². The van der Waals surface area contributed by atoms with E-state index in [1.54, 1.807) is 0 Å². The van der Waals surface area contributed by atoms with Crippen LogP contribution in [0.15, 0.2) is 0 Å². The largest absolute Gasteiger partial charge is 0.468 e. The maximum Gasteiger partial charge on any atom is 0.322 e. The lowest BCUT2D eigenvalue weighted by molar-refractivity contribution is -0.142. The molecule has 0 spiro atoms. The molecule has 0 amide bonds. The average molecular weight is 178 g/mol. The Morgan fingerprint density at radius 3 is 2.55 bits per heavy atom. The Kier molecular flexibility index (Phi) is 5.32. The third kappa shape index (κ3) is 5.09. The number of carbonyl (C=O) groups excluding carboxylic acids is 1. The molecule has 0 saturated carbocycles. The second-order valence-electron chi connectivity index (χ2n) is 2.61. The number of nitrogens with two attached hydrogens (primary N) is 1. The molecule has 0 aromatic carbocycles. The van der Waals surface area contributed by atoms with E-state index in [4.69, 9.17) is 5.73 Å². The molecule has 1 atom stereocenters. The van der Waals surface area contributed by atoms with Crippen LogP contribution >= 0.6 is 0 Å². The number of ether oxygens (including phenoxy) is 1. The fourth-order valence-electron chi connectivity index (χ4n) is 0.632. The molecular formula is C7H16NO2S+. The summed E-state index contributed by atoms with van der Waals surface area (Å²) in [6, 6.07) is -0.435. The van der Waals surface area contributed by atoms with Crippen LogP contribution in [0.25, 0.3) is 0 Å². The van der Waals surface area contributed by atoms with Crippen molar-refractivity contribution in [1.29, 1.82) is 0 Å². The van der Waals surface area contributed by atoms with Gasteiger partial charge in [-0.1, -0.05) is 0 Å². The van der Waals surface area contributed by atoms with Crippen LogP contribution in [-0.4, -0.2) is 37.4 Å². The number of methoxy groups -OCH3 is 1. The molecule has 0 fully saturated rings. The Balaban J connectivity index is 3.52. The van der Waals surface area contributed by atoms with Crippen molar-refractivity contribution < 1.29 is 9.53 Å². The predicted molar refractivity (Wildman–Crippen MR) is 48.7 cm³/mol. The molecule has 0 aromatic rings. The maximum atomic E-state index is 10.8. The lowest BCUT2D eigenvalue weighted by Crippen LogP contribution is -2.33. The van der Waals surface area contributed by atoms with Gasteiger partial charge in [-0.15, -0.1) is 0 Å². The third-order valence-corrected chi connectivity index (χ3v) is 2.39. The van der Waals surface area contributed by atoms with Gasteiger partial charge in [-0.05, 0) is 10.9 Å². The first-order valence-electron chi connectivity index (χ1n) is 3.45. The van der Waals surface area contributed by atoms with Crippen molar-refractivity contribution in [3.05, 3.63) is 0 Å². The molecule has 2 N–H and O–H groups in total. The molecular weight excluding hydrogens is 162 g/mol. The fourth-order valence-corrected chi connectivity index (χ4v) is 1.36. The Labute approximate surface area is 70.6 Å². The molecule has 4 heteroatoms. The molecule has 0 heterocycles. The first-order valence-corrected chi connectivity index (χ1v) is 5.66. The summed E-state index contributed by atoms with van der Waals surface area (Å²) < 4.78 is 4.48. The first-order chi connectivity index (χ1) is 5.07. The van der Waals surface area contributed by atoms with Gasteiger partial charge >= 0.3 is 5.97 Å². The molecule has 0 bridgehead atoms. The molecule has 66 valence electrons. The molecule has 0 rings (SSSR count). The maximum absolute atomic E-state index is 10.8. The average Bonchev–Trinajstić information content (AvgIpc) is 1.98. The highest BCUT2D eigenvalue weighted by Crippen LogP contribution is 1.95. The smallest absolute Gasteiger partial charge is 0.322 e. The van der Waals surface area contributed by atoms with Crippen molar-refractivity contribution >= 4 is 16.9 Å². The van der Waals surface area contributed by atoms with Gasteiger partial charge in [0.15, 0.2) is 0 Å². The summed E-state index contributed by atoms with van der Waals surface area (Å²) in [5.41, 5.74) is 5.51. The molecule has 1 unspecified atom stereocenters. The van der Waals surface area contributed by atoms with Gasteiger partial charge in [-0.2, -0.15) is 0 Å². The Hall–Kier alpha value is -0.220. The van der Waals surface area contributed by atoms with Crippen LogP contribution in [0.5, 0.6) is 0 Å².